The summed E-state index contributed by atoms with van der Waals surface area (Å²) in [6.07, 6.45) is 6.25. The second-order valence-corrected chi connectivity index (χ2v) is 10.1. The summed E-state index contributed by atoms with van der Waals surface area (Å²) in [4.78, 5) is 0. The van der Waals surface area contributed by atoms with Gasteiger partial charge in [-0.2, -0.15) is 0 Å². The molecule has 0 amide bonds. The zero-order valence-electron chi connectivity index (χ0n) is 16.1. The Morgan fingerprint density at radius 3 is 2.56 bits per heavy atom. The first kappa shape index (κ1) is 18.6. The Balaban J connectivity index is 1.62. The fourth-order valence-corrected chi connectivity index (χ4v) is 6.47. The van der Waals surface area contributed by atoms with E-state index in [2.05, 4.69) is 21.7 Å². The molecular formula is C20H28N4O2S. The Hall–Kier alpha value is -1.73. The van der Waals surface area contributed by atoms with Gasteiger partial charge < -0.3 is 4.57 Å². The van der Waals surface area contributed by atoms with Crippen molar-refractivity contribution < 1.29 is 8.42 Å². The van der Waals surface area contributed by atoms with Crippen molar-refractivity contribution in [1.29, 1.82) is 0 Å². The van der Waals surface area contributed by atoms with Gasteiger partial charge >= 0.3 is 0 Å². The SMILES string of the molecule is CCn1cnnc1C1CN(S(=O)(=O)Cc2ccc(C)cc2)CC12CCCC2. The Kier molecular flexibility index (Phi) is 4.84. The van der Waals surface area contributed by atoms with E-state index in [0.29, 0.717) is 13.1 Å². The lowest BCUT2D eigenvalue weighted by Gasteiger charge is -2.29. The molecule has 27 heavy (non-hydrogen) atoms. The summed E-state index contributed by atoms with van der Waals surface area (Å²) >= 11 is 0. The quantitative estimate of drug-likeness (QED) is 0.789. The first-order chi connectivity index (χ1) is 12.9. The number of aryl methyl sites for hydroxylation is 2. The second kappa shape index (κ2) is 7.02. The maximum Gasteiger partial charge on any atom is 0.218 e. The Morgan fingerprint density at radius 2 is 1.89 bits per heavy atom. The first-order valence-corrected chi connectivity index (χ1v) is 11.5. The summed E-state index contributed by atoms with van der Waals surface area (Å²) in [6.45, 7) is 6.03. The van der Waals surface area contributed by atoms with Gasteiger partial charge in [-0.15, -0.1) is 10.2 Å². The summed E-state index contributed by atoms with van der Waals surface area (Å²) < 4.78 is 30.1. The summed E-state index contributed by atoms with van der Waals surface area (Å²) in [5.41, 5.74) is 2.00. The molecule has 1 aliphatic heterocycles. The van der Waals surface area contributed by atoms with E-state index in [4.69, 9.17) is 0 Å². The summed E-state index contributed by atoms with van der Waals surface area (Å²) in [5, 5.41) is 8.49. The van der Waals surface area contributed by atoms with Gasteiger partial charge in [-0.3, -0.25) is 0 Å². The minimum absolute atomic E-state index is 0.0142. The molecule has 0 N–H and O–H groups in total. The van der Waals surface area contributed by atoms with E-state index in [1.165, 1.54) is 12.8 Å². The van der Waals surface area contributed by atoms with Crippen LogP contribution in [-0.4, -0.2) is 40.6 Å². The Morgan fingerprint density at radius 1 is 1.19 bits per heavy atom. The van der Waals surface area contributed by atoms with Crippen molar-refractivity contribution in [2.24, 2.45) is 5.41 Å². The molecule has 2 aromatic rings. The van der Waals surface area contributed by atoms with E-state index >= 15 is 0 Å². The van der Waals surface area contributed by atoms with Crippen LogP contribution in [0.1, 0.15) is 55.5 Å². The zero-order chi connectivity index (χ0) is 19.1. The monoisotopic (exact) mass is 388 g/mol. The highest BCUT2D eigenvalue weighted by molar-refractivity contribution is 7.88. The normalized spacial score (nSPS) is 22.7. The minimum atomic E-state index is -3.36. The molecule has 146 valence electrons. The molecule has 4 rings (SSSR count). The van der Waals surface area contributed by atoms with Crippen LogP contribution >= 0.6 is 0 Å². The van der Waals surface area contributed by atoms with E-state index in [9.17, 15) is 8.42 Å². The smallest absolute Gasteiger partial charge is 0.218 e. The van der Waals surface area contributed by atoms with Gasteiger partial charge in [0.25, 0.3) is 0 Å². The molecule has 6 nitrogen and oxygen atoms in total. The number of benzene rings is 1. The fourth-order valence-electron chi connectivity index (χ4n) is 4.84. The molecule has 1 unspecified atom stereocenters. The Bertz CT molecular complexity index is 898. The molecule has 2 fully saturated rings. The predicted octanol–water partition coefficient (Wildman–Crippen LogP) is 3.10. The van der Waals surface area contributed by atoms with Gasteiger partial charge in [0.15, 0.2) is 0 Å². The van der Waals surface area contributed by atoms with Gasteiger partial charge in [-0.1, -0.05) is 42.7 Å². The largest absolute Gasteiger partial charge is 0.318 e. The third kappa shape index (κ3) is 3.43. The lowest BCUT2D eigenvalue weighted by molar-refractivity contribution is 0.272. The molecule has 1 aromatic carbocycles. The van der Waals surface area contributed by atoms with Gasteiger partial charge in [0, 0.05) is 25.6 Å². The van der Waals surface area contributed by atoms with Crippen molar-refractivity contribution in [2.75, 3.05) is 13.1 Å². The third-order valence-electron chi connectivity index (χ3n) is 6.38. The Labute approximate surface area is 161 Å². The average Bonchev–Trinajstić information content (AvgIpc) is 3.37. The van der Waals surface area contributed by atoms with Crippen molar-refractivity contribution in [3.63, 3.8) is 0 Å². The highest BCUT2D eigenvalue weighted by Gasteiger charge is 2.52. The van der Waals surface area contributed by atoms with Gasteiger partial charge in [0.1, 0.15) is 12.2 Å². The van der Waals surface area contributed by atoms with Gasteiger partial charge in [-0.25, -0.2) is 12.7 Å². The van der Waals surface area contributed by atoms with Gasteiger partial charge in [0.2, 0.25) is 10.0 Å². The summed E-state index contributed by atoms with van der Waals surface area (Å²) in [5.74, 6) is 1.15. The van der Waals surface area contributed by atoms with Gasteiger partial charge in [0.05, 0.1) is 5.75 Å². The topological polar surface area (TPSA) is 68.1 Å². The van der Waals surface area contributed by atoms with Crippen molar-refractivity contribution in [1.82, 2.24) is 19.1 Å². The second-order valence-electron chi connectivity index (χ2n) is 8.13. The van der Waals surface area contributed by atoms with Crippen LogP contribution in [0.15, 0.2) is 30.6 Å². The van der Waals surface area contributed by atoms with Crippen LogP contribution in [0.2, 0.25) is 0 Å². The molecule has 1 saturated heterocycles. The van der Waals surface area contributed by atoms with Crippen LogP contribution in [0, 0.1) is 12.3 Å². The van der Waals surface area contributed by atoms with E-state index in [0.717, 1.165) is 36.3 Å². The molecule has 2 heterocycles. The predicted molar refractivity (Wildman–Crippen MR) is 105 cm³/mol. The highest BCUT2D eigenvalue weighted by atomic mass is 32.2. The molecule has 0 radical (unpaired) electrons. The molecular weight excluding hydrogens is 360 g/mol. The zero-order valence-corrected chi connectivity index (χ0v) is 17.0. The maximum atomic E-state index is 13.2. The van der Waals surface area contributed by atoms with Crippen molar-refractivity contribution >= 4 is 10.0 Å². The minimum Gasteiger partial charge on any atom is -0.318 e. The summed E-state index contributed by atoms with van der Waals surface area (Å²) in [7, 11) is -3.36. The van der Waals surface area contributed by atoms with Crippen LogP contribution in [0.3, 0.4) is 0 Å². The van der Waals surface area contributed by atoms with Crippen LogP contribution < -0.4 is 0 Å². The van der Waals surface area contributed by atoms with E-state index in [1.54, 1.807) is 10.6 Å². The van der Waals surface area contributed by atoms with E-state index in [1.807, 2.05) is 31.2 Å². The van der Waals surface area contributed by atoms with E-state index < -0.39 is 10.0 Å². The van der Waals surface area contributed by atoms with Crippen LogP contribution in [-0.2, 0) is 22.3 Å². The van der Waals surface area contributed by atoms with Crippen LogP contribution in [0.4, 0.5) is 0 Å². The number of sulfonamides is 1. The van der Waals surface area contributed by atoms with Crippen LogP contribution in [0.5, 0.6) is 0 Å². The van der Waals surface area contributed by atoms with Gasteiger partial charge in [-0.05, 0) is 37.7 Å². The number of nitrogens with zero attached hydrogens (tertiary/aromatic N) is 4. The molecule has 1 aliphatic carbocycles. The molecule has 0 bridgehead atoms. The molecule has 1 spiro atoms. The third-order valence-corrected chi connectivity index (χ3v) is 8.14. The lowest BCUT2D eigenvalue weighted by atomic mass is 9.76. The van der Waals surface area contributed by atoms with Crippen molar-refractivity contribution in [3.8, 4) is 0 Å². The fraction of sp³-hybridized carbons (Fsp3) is 0.600. The van der Waals surface area contributed by atoms with Crippen molar-refractivity contribution in [3.05, 3.63) is 47.5 Å². The molecule has 1 saturated carbocycles. The highest BCUT2D eigenvalue weighted by Crippen LogP contribution is 2.53. The molecule has 1 aromatic heterocycles. The first-order valence-electron chi connectivity index (χ1n) is 9.85. The molecule has 7 heteroatoms. The number of hydrogen-bond acceptors (Lipinski definition) is 4. The summed E-state index contributed by atoms with van der Waals surface area (Å²) in [6, 6.07) is 7.78. The maximum absolute atomic E-state index is 13.2. The number of rotatable bonds is 5. The van der Waals surface area contributed by atoms with E-state index in [-0.39, 0.29) is 17.1 Å². The average molecular weight is 389 g/mol. The number of hydrogen-bond donors (Lipinski definition) is 0. The van der Waals surface area contributed by atoms with Crippen molar-refractivity contribution in [2.45, 2.75) is 57.7 Å². The lowest BCUT2D eigenvalue weighted by Crippen LogP contribution is -2.32. The molecule has 2 aliphatic rings. The van der Waals surface area contributed by atoms with Crippen LogP contribution in [0.25, 0.3) is 0 Å². The number of aromatic nitrogens is 3. The molecule has 1 atom stereocenters. The standard InChI is InChI=1S/C20H28N4O2S/c1-3-23-15-21-22-19(23)18-12-24(14-20(18)10-4-5-11-20)27(25,26)13-17-8-6-16(2)7-9-17/h6-9,15,18H,3-5,10-14H2,1-2H3.